The molecule has 39 heavy (non-hydrogen) atoms. The van der Waals surface area contributed by atoms with Gasteiger partial charge in [-0.05, 0) is 42.7 Å². The Morgan fingerprint density at radius 1 is 1.05 bits per heavy atom. The molecule has 1 atom stereocenters. The number of hydrogen-bond donors (Lipinski definition) is 2. The van der Waals surface area contributed by atoms with Crippen molar-refractivity contribution in [3.63, 3.8) is 0 Å². The van der Waals surface area contributed by atoms with E-state index in [2.05, 4.69) is 37.0 Å². The number of fused-ring (bicyclic) bond motifs is 1. The van der Waals surface area contributed by atoms with Crippen LogP contribution in [0.5, 0.6) is 0 Å². The van der Waals surface area contributed by atoms with Gasteiger partial charge in [0.25, 0.3) is 0 Å². The number of nitriles is 1. The van der Waals surface area contributed by atoms with Gasteiger partial charge < -0.3 is 10.6 Å². The molecule has 0 spiro atoms. The second kappa shape index (κ2) is 10.1. The average Bonchev–Trinajstić information content (AvgIpc) is 3.66. The van der Waals surface area contributed by atoms with Crippen LogP contribution < -0.4 is 10.6 Å². The summed E-state index contributed by atoms with van der Waals surface area (Å²) in [6.45, 7) is 0. The van der Waals surface area contributed by atoms with E-state index in [1.165, 1.54) is 6.20 Å². The van der Waals surface area contributed by atoms with E-state index >= 15 is 0 Å². The molecule has 5 aromatic rings. The molecule has 8 nitrogen and oxygen atoms in total. The summed E-state index contributed by atoms with van der Waals surface area (Å²) in [5, 5.41) is 26.3. The molecule has 12 heteroatoms. The van der Waals surface area contributed by atoms with E-state index in [0.717, 1.165) is 30.7 Å². The molecule has 3 heterocycles. The largest absolute Gasteiger partial charge is 0.373 e. The number of anilines is 3. The van der Waals surface area contributed by atoms with Crippen molar-refractivity contribution >= 4 is 51.2 Å². The van der Waals surface area contributed by atoms with Crippen molar-refractivity contribution in [3.8, 4) is 6.07 Å². The molecule has 0 amide bonds. The molecule has 0 aliphatic heterocycles. The smallest absolute Gasteiger partial charge is 0.249 e. The van der Waals surface area contributed by atoms with Gasteiger partial charge in [-0.3, -0.25) is 4.98 Å². The molecule has 1 fully saturated rings. The van der Waals surface area contributed by atoms with E-state index in [-0.39, 0.29) is 11.3 Å². The summed E-state index contributed by atoms with van der Waals surface area (Å²) in [6, 6.07) is 13.9. The van der Waals surface area contributed by atoms with Crippen LogP contribution in [0.3, 0.4) is 0 Å². The van der Waals surface area contributed by atoms with Gasteiger partial charge in [0.05, 0.1) is 52.0 Å². The van der Waals surface area contributed by atoms with Crippen molar-refractivity contribution in [2.75, 3.05) is 10.6 Å². The van der Waals surface area contributed by atoms with Crippen LogP contribution in [-0.2, 0) is 0 Å². The van der Waals surface area contributed by atoms with Crippen LogP contribution in [0.2, 0.25) is 10.0 Å². The number of hydrogen-bond acceptors (Lipinski definition) is 7. The second-order valence-corrected chi connectivity index (χ2v) is 9.97. The molecule has 3 aromatic heterocycles. The number of aromatic nitrogens is 5. The molecule has 2 N–H and O–H groups in total. The van der Waals surface area contributed by atoms with E-state index in [1.807, 2.05) is 29.1 Å². The first-order valence-electron chi connectivity index (χ1n) is 11.9. The fourth-order valence-electron chi connectivity index (χ4n) is 4.32. The Hall–Kier alpha value is -4.33. The molecule has 6 rings (SSSR count). The van der Waals surface area contributed by atoms with Crippen LogP contribution in [-0.4, -0.2) is 25.0 Å². The number of rotatable bonds is 7. The zero-order chi connectivity index (χ0) is 27.1. The second-order valence-electron chi connectivity index (χ2n) is 9.12. The zero-order valence-electron chi connectivity index (χ0n) is 20.0. The maximum atomic E-state index is 13.8. The monoisotopic (exact) mass is 562 g/mol. The SMILES string of the molecule is N#Cc1cnc2c(Cl)cc(N[C@@H](c3cccc(Cl)c3)c3cn(C4CC4)nn3)cc2c1Nc1cnc(F)c(F)c1. The molecule has 1 saturated carbocycles. The Kier molecular flexibility index (Phi) is 6.46. The van der Waals surface area contributed by atoms with Crippen LogP contribution in [0.4, 0.5) is 25.8 Å². The van der Waals surface area contributed by atoms with Gasteiger partial charge in [0.2, 0.25) is 5.95 Å². The number of halogens is 4. The number of pyridine rings is 2. The highest BCUT2D eigenvalue weighted by atomic mass is 35.5. The summed E-state index contributed by atoms with van der Waals surface area (Å²) in [5.41, 5.74) is 3.21. The molecule has 0 unspecified atom stereocenters. The maximum Gasteiger partial charge on any atom is 0.249 e. The van der Waals surface area contributed by atoms with E-state index in [1.54, 1.807) is 18.2 Å². The van der Waals surface area contributed by atoms with E-state index in [4.69, 9.17) is 23.2 Å². The first-order chi connectivity index (χ1) is 18.9. The molecular formula is C27H18Cl2F2N8. The lowest BCUT2D eigenvalue weighted by Gasteiger charge is -2.20. The zero-order valence-corrected chi connectivity index (χ0v) is 21.5. The minimum Gasteiger partial charge on any atom is -0.373 e. The van der Waals surface area contributed by atoms with Crippen molar-refractivity contribution in [1.29, 1.82) is 5.26 Å². The predicted molar refractivity (Wildman–Crippen MR) is 144 cm³/mol. The Balaban J connectivity index is 1.44. The van der Waals surface area contributed by atoms with Crippen LogP contribution in [0, 0.1) is 23.1 Å². The number of nitrogens with zero attached hydrogens (tertiary/aromatic N) is 6. The van der Waals surface area contributed by atoms with Gasteiger partial charge in [-0.2, -0.15) is 9.65 Å². The first kappa shape index (κ1) is 25.0. The number of nitrogens with one attached hydrogen (secondary N) is 2. The highest BCUT2D eigenvalue weighted by molar-refractivity contribution is 6.36. The molecule has 1 aliphatic rings. The quantitative estimate of drug-likeness (QED) is 0.206. The van der Waals surface area contributed by atoms with Crippen molar-refractivity contribution in [2.45, 2.75) is 24.9 Å². The summed E-state index contributed by atoms with van der Waals surface area (Å²) in [6.07, 6.45) is 6.54. The van der Waals surface area contributed by atoms with Gasteiger partial charge in [-0.1, -0.05) is 40.5 Å². The highest BCUT2D eigenvalue weighted by Gasteiger charge is 2.27. The normalized spacial score (nSPS) is 13.7. The van der Waals surface area contributed by atoms with Crippen LogP contribution >= 0.6 is 23.2 Å². The van der Waals surface area contributed by atoms with Gasteiger partial charge in [-0.15, -0.1) is 5.10 Å². The Morgan fingerprint density at radius 2 is 1.90 bits per heavy atom. The van der Waals surface area contributed by atoms with Gasteiger partial charge in [-0.25, -0.2) is 14.1 Å². The molecule has 1 aliphatic carbocycles. The topological polar surface area (TPSA) is 104 Å². The third-order valence-electron chi connectivity index (χ3n) is 6.35. The van der Waals surface area contributed by atoms with Crippen molar-refractivity contribution in [2.24, 2.45) is 0 Å². The minimum atomic E-state index is -1.22. The summed E-state index contributed by atoms with van der Waals surface area (Å²) in [7, 11) is 0. The average molecular weight is 563 g/mol. The van der Waals surface area contributed by atoms with Crippen molar-refractivity contribution < 1.29 is 8.78 Å². The van der Waals surface area contributed by atoms with Crippen LogP contribution in [0.25, 0.3) is 10.9 Å². The van der Waals surface area contributed by atoms with E-state index in [9.17, 15) is 14.0 Å². The molecular weight excluding hydrogens is 545 g/mol. The first-order valence-corrected chi connectivity index (χ1v) is 12.7. The Labute approximate surface area is 231 Å². The highest BCUT2D eigenvalue weighted by Crippen LogP contribution is 2.38. The predicted octanol–water partition coefficient (Wildman–Crippen LogP) is 6.96. The summed E-state index contributed by atoms with van der Waals surface area (Å²) < 4.78 is 29.1. The lowest BCUT2D eigenvalue weighted by Crippen LogP contribution is -2.13. The van der Waals surface area contributed by atoms with E-state index < -0.39 is 17.8 Å². The number of benzene rings is 2. The fraction of sp³-hybridized carbons (Fsp3) is 0.148. The maximum absolute atomic E-state index is 13.8. The minimum absolute atomic E-state index is 0.154. The van der Waals surface area contributed by atoms with Crippen molar-refractivity contribution in [3.05, 3.63) is 99.7 Å². The Bertz CT molecular complexity index is 1760. The summed E-state index contributed by atoms with van der Waals surface area (Å²) in [5.74, 6) is -2.35. The molecule has 0 bridgehead atoms. The third kappa shape index (κ3) is 5.06. The standard InChI is InChI=1S/C27H18Cl2F2N8/c28-16-3-1-2-14(6-16)25(23-13-39(38-37-23)19-4-5-19)35-17-7-20-24(36-18-9-22(30)27(31)34-12-18)15(10-32)11-33-26(20)21(29)8-17/h1-3,6-9,11-13,19,25,35H,4-5H2,(H,33,36)/t25-/m0/s1. The van der Waals surface area contributed by atoms with Gasteiger partial charge >= 0.3 is 0 Å². The fourth-order valence-corrected chi connectivity index (χ4v) is 4.78. The summed E-state index contributed by atoms with van der Waals surface area (Å²) in [4.78, 5) is 7.76. The molecule has 0 radical (unpaired) electrons. The van der Waals surface area contributed by atoms with Crippen LogP contribution in [0.1, 0.15) is 41.7 Å². The van der Waals surface area contributed by atoms with Crippen molar-refractivity contribution in [1.82, 2.24) is 25.0 Å². The van der Waals surface area contributed by atoms with Crippen LogP contribution in [0.15, 0.2) is 61.1 Å². The van der Waals surface area contributed by atoms with Gasteiger partial charge in [0.1, 0.15) is 11.8 Å². The third-order valence-corrected chi connectivity index (χ3v) is 6.87. The van der Waals surface area contributed by atoms with Gasteiger partial charge in [0.15, 0.2) is 5.82 Å². The van der Waals surface area contributed by atoms with E-state index in [0.29, 0.717) is 44.1 Å². The Morgan fingerprint density at radius 3 is 2.64 bits per heavy atom. The summed E-state index contributed by atoms with van der Waals surface area (Å²) >= 11 is 13.0. The molecule has 2 aromatic carbocycles. The molecule has 0 saturated heterocycles. The lowest BCUT2D eigenvalue weighted by molar-refractivity contribution is 0.480. The van der Waals surface area contributed by atoms with Gasteiger partial charge in [0, 0.05) is 28.4 Å². The lowest BCUT2D eigenvalue weighted by atomic mass is 10.0. The molecule has 194 valence electrons.